The molecule has 13 heavy (non-hydrogen) atoms. The van der Waals surface area contributed by atoms with Gasteiger partial charge in [0.15, 0.2) is 0 Å². The SMILES string of the molecule is NCc1ccc(OS(=O)(O)=S)cc1. The van der Waals surface area contributed by atoms with Gasteiger partial charge in [-0.2, -0.15) is 4.21 Å². The van der Waals surface area contributed by atoms with Crippen LogP contribution in [0.2, 0.25) is 0 Å². The number of benzene rings is 1. The lowest BCUT2D eigenvalue weighted by molar-refractivity contribution is 0.454. The van der Waals surface area contributed by atoms with Gasteiger partial charge < -0.3 is 9.92 Å². The second kappa shape index (κ2) is 4.01. The molecule has 1 unspecified atom stereocenters. The molecular formula is C7H9NO3S2. The van der Waals surface area contributed by atoms with Crippen LogP contribution in [-0.2, 0) is 26.8 Å². The fourth-order valence-corrected chi connectivity index (χ4v) is 1.39. The molecular weight excluding hydrogens is 210 g/mol. The van der Waals surface area contributed by atoms with Crippen LogP contribution >= 0.6 is 0 Å². The Bertz CT molecular complexity index is 371. The average molecular weight is 219 g/mol. The molecule has 0 aliphatic rings. The van der Waals surface area contributed by atoms with Gasteiger partial charge in [0.2, 0.25) is 0 Å². The van der Waals surface area contributed by atoms with Crippen molar-refractivity contribution in [2.75, 3.05) is 0 Å². The molecule has 0 fully saturated rings. The highest BCUT2D eigenvalue weighted by molar-refractivity contribution is 8.27. The van der Waals surface area contributed by atoms with Crippen molar-refractivity contribution < 1.29 is 12.9 Å². The highest BCUT2D eigenvalue weighted by Crippen LogP contribution is 2.13. The first-order chi connectivity index (χ1) is 6.01. The smallest absolute Gasteiger partial charge is 0.311 e. The van der Waals surface area contributed by atoms with Gasteiger partial charge in [-0.15, -0.1) is 0 Å². The molecule has 0 aliphatic carbocycles. The Morgan fingerprint density at radius 2 is 2.00 bits per heavy atom. The van der Waals surface area contributed by atoms with Crippen LogP contribution in [0.4, 0.5) is 0 Å². The van der Waals surface area contributed by atoms with E-state index in [1.807, 2.05) is 0 Å². The lowest BCUT2D eigenvalue weighted by Gasteiger charge is -2.03. The van der Waals surface area contributed by atoms with Gasteiger partial charge in [-0.05, 0) is 17.7 Å². The standard InChI is InChI=1S/C7H9NO3S2/c8-5-6-1-3-7(4-2-6)11-13(9,10)12/h1-4H,5,8H2,(H,9,10,12). The van der Waals surface area contributed by atoms with Crippen molar-refractivity contribution in [3.05, 3.63) is 29.8 Å². The molecule has 0 aromatic heterocycles. The maximum absolute atomic E-state index is 10.6. The lowest BCUT2D eigenvalue weighted by Crippen LogP contribution is -2.05. The summed E-state index contributed by atoms with van der Waals surface area (Å²) >= 11 is 4.16. The van der Waals surface area contributed by atoms with Crippen molar-refractivity contribution in [1.29, 1.82) is 0 Å². The lowest BCUT2D eigenvalue weighted by atomic mass is 10.2. The molecule has 1 aromatic carbocycles. The first kappa shape index (κ1) is 10.4. The molecule has 0 aliphatic heterocycles. The zero-order valence-corrected chi connectivity index (χ0v) is 8.31. The van der Waals surface area contributed by atoms with Crippen molar-refractivity contribution in [1.82, 2.24) is 0 Å². The van der Waals surface area contributed by atoms with Crippen LogP contribution in [0.15, 0.2) is 24.3 Å². The second-order valence-corrected chi connectivity index (χ2v) is 4.64. The van der Waals surface area contributed by atoms with Gasteiger partial charge in [0.1, 0.15) is 5.75 Å². The fourth-order valence-electron chi connectivity index (χ4n) is 0.803. The maximum atomic E-state index is 10.6. The van der Waals surface area contributed by atoms with Crippen LogP contribution in [0.1, 0.15) is 5.56 Å². The largest absolute Gasteiger partial charge is 0.382 e. The molecule has 1 rings (SSSR count). The number of hydrogen-bond acceptors (Lipinski definition) is 4. The van der Waals surface area contributed by atoms with E-state index in [9.17, 15) is 4.21 Å². The summed E-state index contributed by atoms with van der Waals surface area (Å²) in [6.07, 6.45) is 0. The van der Waals surface area contributed by atoms with E-state index in [1.165, 1.54) is 0 Å². The molecule has 6 heteroatoms. The van der Waals surface area contributed by atoms with Gasteiger partial charge in [-0.1, -0.05) is 12.1 Å². The van der Waals surface area contributed by atoms with Crippen LogP contribution in [0.5, 0.6) is 5.75 Å². The third-order valence-corrected chi connectivity index (χ3v) is 1.97. The Balaban J connectivity index is 2.81. The first-order valence-electron chi connectivity index (χ1n) is 3.47. The van der Waals surface area contributed by atoms with Crippen LogP contribution in [0.3, 0.4) is 0 Å². The number of rotatable bonds is 3. The molecule has 1 atom stereocenters. The molecule has 0 bridgehead atoms. The Hall–Kier alpha value is -0.690. The van der Waals surface area contributed by atoms with Gasteiger partial charge in [0.25, 0.3) is 0 Å². The summed E-state index contributed by atoms with van der Waals surface area (Å²) in [7, 11) is -3.59. The zero-order chi connectivity index (χ0) is 9.90. The summed E-state index contributed by atoms with van der Waals surface area (Å²) in [6, 6.07) is 6.50. The number of hydrogen-bond donors (Lipinski definition) is 2. The van der Waals surface area contributed by atoms with Crippen molar-refractivity contribution >= 4 is 20.2 Å². The van der Waals surface area contributed by atoms with Crippen molar-refractivity contribution in [2.24, 2.45) is 5.73 Å². The minimum Gasteiger partial charge on any atom is -0.382 e. The molecule has 72 valence electrons. The third kappa shape index (κ3) is 3.69. The highest BCUT2D eigenvalue weighted by atomic mass is 32.9. The van der Waals surface area contributed by atoms with E-state index < -0.39 is 9.05 Å². The normalized spacial score (nSPS) is 14.9. The quantitative estimate of drug-likeness (QED) is 0.781. The van der Waals surface area contributed by atoms with E-state index in [-0.39, 0.29) is 5.75 Å². The molecule has 0 spiro atoms. The summed E-state index contributed by atoms with van der Waals surface area (Å²) in [5, 5.41) is 0. The zero-order valence-electron chi connectivity index (χ0n) is 6.67. The van der Waals surface area contributed by atoms with Crippen molar-refractivity contribution in [3.8, 4) is 5.75 Å². The van der Waals surface area contributed by atoms with E-state index in [1.54, 1.807) is 24.3 Å². The van der Waals surface area contributed by atoms with E-state index in [0.29, 0.717) is 6.54 Å². The van der Waals surface area contributed by atoms with E-state index in [0.717, 1.165) is 5.56 Å². The summed E-state index contributed by atoms with van der Waals surface area (Å²) in [6.45, 7) is 0.419. The number of nitrogens with two attached hydrogens (primary N) is 1. The first-order valence-corrected chi connectivity index (χ1v) is 5.84. The van der Waals surface area contributed by atoms with Crippen molar-refractivity contribution in [3.63, 3.8) is 0 Å². The van der Waals surface area contributed by atoms with E-state index in [4.69, 9.17) is 10.3 Å². The minimum atomic E-state index is -3.59. The molecule has 0 amide bonds. The molecule has 4 nitrogen and oxygen atoms in total. The Morgan fingerprint density at radius 1 is 1.46 bits per heavy atom. The van der Waals surface area contributed by atoms with Crippen molar-refractivity contribution in [2.45, 2.75) is 6.54 Å². The second-order valence-electron chi connectivity index (χ2n) is 2.36. The predicted octanol–water partition coefficient (Wildman–Crippen LogP) is 0.658. The van der Waals surface area contributed by atoms with Gasteiger partial charge >= 0.3 is 9.05 Å². The van der Waals surface area contributed by atoms with Crippen LogP contribution in [0, 0.1) is 0 Å². The van der Waals surface area contributed by atoms with Gasteiger partial charge in [-0.3, -0.25) is 4.55 Å². The van der Waals surface area contributed by atoms with Crippen LogP contribution < -0.4 is 9.92 Å². The molecule has 1 aromatic rings. The fraction of sp³-hybridized carbons (Fsp3) is 0.143. The highest BCUT2D eigenvalue weighted by Gasteiger charge is 2.01. The summed E-state index contributed by atoms with van der Waals surface area (Å²) in [5.41, 5.74) is 6.28. The summed E-state index contributed by atoms with van der Waals surface area (Å²) in [4.78, 5) is 0. The van der Waals surface area contributed by atoms with E-state index in [2.05, 4.69) is 15.4 Å². The molecule has 0 saturated heterocycles. The average Bonchev–Trinajstić information content (AvgIpc) is 2.03. The van der Waals surface area contributed by atoms with Gasteiger partial charge in [-0.25, -0.2) is 0 Å². The minimum absolute atomic E-state index is 0.264. The maximum Gasteiger partial charge on any atom is 0.311 e. The Kier molecular flexibility index (Phi) is 3.21. The third-order valence-electron chi connectivity index (χ3n) is 1.36. The monoisotopic (exact) mass is 219 g/mol. The van der Waals surface area contributed by atoms with E-state index >= 15 is 0 Å². The predicted molar refractivity (Wildman–Crippen MR) is 53.1 cm³/mol. The summed E-state index contributed by atoms with van der Waals surface area (Å²) in [5.74, 6) is 0.264. The molecule has 0 saturated carbocycles. The molecule has 3 N–H and O–H groups in total. The Morgan fingerprint density at radius 3 is 2.38 bits per heavy atom. The van der Waals surface area contributed by atoms with Crippen LogP contribution in [0.25, 0.3) is 0 Å². The topological polar surface area (TPSA) is 72.5 Å². The van der Waals surface area contributed by atoms with Gasteiger partial charge in [0.05, 0.1) is 11.2 Å². The summed E-state index contributed by atoms with van der Waals surface area (Å²) < 4.78 is 23.9. The Labute approximate surface area is 81.4 Å². The van der Waals surface area contributed by atoms with Gasteiger partial charge in [0, 0.05) is 6.54 Å². The van der Waals surface area contributed by atoms with Crippen LogP contribution in [-0.4, -0.2) is 8.76 Å². The molecule has 0 radical (unpaired) electrons. The molecule has 0 heterocycles.